The Bertz CT molecular complexity index is 451. The van der Waals surface area contributed by atoms with Crippen molar-refractivity contribution in [1.29, 1.82) is 5.26 Å². The number of hydrogen-bond acceptors (Lipinski definition) is 6. The van der Waals surface area contributed by atoms with E-state index in [1.54, 1.807) is 18.6 Å². The van der Waals surface area contributed by atoms with E-state index in [1.165, 1.54) is 0 Å². The van der Waals surface area contributed by atoms with Gasteiger partial charge < -0.3 is 15.5 Å². The third kappa shape index (κ3) is 8.52. The first-order valence-corrected chi connectivity index (χ1v) is 6.76. The Morgan fingerprint density at radius 3 is 2.90 bits per heavy atom. The molecule has 0 spiro atoms. The summed E-state index contributed by atoms with van der Waals surface area (Å²) in [6.07, 6.45) is 6.91. The minimum absolute atomic E-state index is 0.501. The number of nitrogens with one attached hydrogen (secondary N) is 3. The van der Waals surface area contributed by atoms with Crippen LogP contribution in [-0.4, -0.2) is 61.1 Å². The monoisotopic (exact) mass is 290 g/mol. The maximum Gasteiger partial charge on any atom is 0.204 e. The molecule has 0 amide bonds. The first-order chi connectivity index (χ1) is 10.2. The van der Waals surface area contributed by atoms with E-state index in [1.807, 2.05) is 20.3 Å². The van der Waals surface area contributed by atoms with Crippen molar-refractivity contribution in [3.63, 3.8) is 0 Å². The number of rotatable bonds is 8. The molecule has 1 rings (SSSR count). The molecule has 114 valence electrons. The summed E-state index contributed by atoms with van der Waals surface area (Å²) in [7, 11) is 3.99. The SMILES string of the molecule is CN(C)CCN/C(=N/CCNCc1cnccn1)NC#N. The zero-order valence-electron chi connectivity index (χ0n) is 12.5. The van der Waals surface area contributed by atoms with Crippen LogP contribution in [0.4, 0.5) is 0 Å². The van der Waals surface area contributed by atoms with Crippen molar-refractivity contribution in [2.24, 2.45) is 4.99 Å². The molecule has 0 aliphatic rings. The molecule has 0 saturated carbocycles. The standard InChI is InChI=1S/C13H22N8/c1-21(2)8-7-19-13(20-11-14)18-6-4-16-10-12-9-15-3-5-17-12/h3,5,9,16H,4,6-8,10H2,1-2H3,(H2,18,19,20). The fourth-order valence-corrected chi connectivity index (χ4v) is 1.47. The van der Waals surface area contributed by atoms with Crippen LogP contribution in [0, 0.1) is 11.5 Å². The number of likely N-dealkylation sites (N-methyl/N-ethyl adjacent to an activating group) is 1. The second-order valence-electron chi connectivity index (χ2n) is 4.57. The van der Waals surface area contributed by atoms with E-state index in [2.05, 4.69) is 35.8 Å². The van der Waals surface area contributed by atoms with Crippen LogP contribution in [0.15, 0.2) is 23.6 Å². The molecule has 0 saturated heterocycles. The second kappa shape index (κ2) is 10.5. The largest absolute Gasteiger partial charge is 0.354 e. The molecule has 0 aliphatic heterocycles. The number of guanidine groups is 1. The molecule has 1 aromatic rings. The van der Waals surface area contributed by atoms with Gasteiger partial charge in [-0.15, -0.1) is 0 Å². The predicted molar refractivity (Wildman–Crippen MR) is 81.3 cm³/mol. The van der Waals surface area contributed by atoms with Gasteiger partial charge in [-0.1, -0.05) is 0 Å². The highest BCUT2D eigenvalue weighted by atomic mass is 15.2. The summed E-state index contributed by atoms with van der Waals surface area (Å²) in [5.74, 6) is 0.501. The zero-order valence-corrected chi connectivity index (χ0v) is 12.5. The van der Waals surface area contributed by atoms with Gasteiger partial charge in [-0.3, -0.25) is 20.3 Å². The number of aliphatic imine (C=N–C) groups is 1. The van der Waals surface area contributed by atoms with Crippen molar-refractivity contribution < 1.29 is 0 Å². The molecular formula is C13H22N8. The van der Waals surface area contributed by atoms with Gasteiger partial charge in [-0.05, 0) is 14.1 Å². The smallest absolute Gasteiger partial charge is 0.204 e. The van der Waals surface area contributed by atoms with Crippen LogP contribution in [0.3, 0.4) is 0 Å². The Kier molecular flexibility index (Phi) is 8.44. The molecule has 0 radical (unpaired) electrons. The zero-order chi connectivity index (χ0) is 15.3. The Balaban J connectivity index is 2.22. The quantitative estimate of drug-likeness (QED) is 0.188. The highest BCUT2D eigenvalue weighted by Gasteiger charge is 1.97. The average Bonchev–Trinajstić information content (AvgIpc) is 2.47. The molecule has 0 unspecified atom stereocenters. The Labute approximate surface area is 125 Å². The lowest BCUT2D eigenvalue weighted by molar-refractivity contribution is 0.412. The highest BCUT2D eigenvalue weighted by Crippen LogP contribution is 1.87. The van der Waals surface area contributed by atoms with Crippen molar-refractivity contribution in [3.8, 4) is 6.19 Å². The minimum Gasteiger partial charge on any atom is -0.354 e. The van der Waals surface area contributed by atoms with E-state index in [9.17, 15) is 0 Å². The van der Waals surface area contributed by atoms with Gasteiger partial charge in [-0.25, -0.2) is 0 Å². The van der Waals surface area contributed by atoms with Crippen molar-refractivity contribution >= 4 is 5.96 Å². The fraction of sp³-hybridized carbons (Fsp3) is 0.538. The molecule has 0 aliphatic carbocycles. The summed E-state index contributed by atoms with van der Waals surface area (Å²) < 4.78 is 0. The third-order valence-corrected chi connectivity index (χ3v) is 2.51. The fourth-order valence-electron chi connectivity index (χ4n) is 1.47. The average molecular weight is 290 g/mol. The predicted octanol–water partition coefficient (Wildman–Crippen LogP) is -0.856. The van der Waals surface area contributed by atoms with Gasteiger partial charge in [0.1, 0.15) is 0 Å². The molecule has 0 bridgehead atoms. The van der Waals surface area contributed by atoms with Crippen LogP contribution in [0.25, 0.3) is 0 Å². The molecule has 1 aromatic heterocycles. The number of hydrogen-bond donors (Lipinski definition) is 3. The number of aromatic nitrogens is 2. The van der Waals surface area contributed by atoms with E-state index in [0.29, 0.717) is 25.6 Å². The summed E-state index contributed by atoms with van der Waals surface area (Å²) in [6.45, 7) is 3.52. The van der Waals surface area contributed by atoms with E-state index in [0.717, 1.165) is 18.8 Å². The lowest BCUT2D eigenvalue weighted by atomic mass is 10.4. The summed E-state index contributed by atoms with van der Waals surface area (Å²) in [5, 5.41) is 17.5. The summed E-state index contributed by atoms with van der Waals surface area (Å²) in [6, 6.07) is 0. The molecule has 0 aromatic carbocycles. The Morgan fingerprint density at radius 2 is 2.24 bits per heavy atom. The van der Waals surface area contributed by atoms with Gasteiger partial charge in [0.25, 0.3) is 0 Å². The first kappa shape index (κ1) is 16.8. The van der Waals surface area contributed by atoms with Crippen molar-refractivity contribution in [2.45, 2.75) is 6.54 Å². The van der Waals surface area contributed by atoms with E-state index in [4.69, 9.17) is 5.26 Å². The van der Waals surface area contributed by atoms with Gasteiger partial charge >= 0.3 is 0 Å². The number of nitrogens with zero attached hydrogens (tertiary/aromatic N) is 5. The van der Waals surface area contributed by atoms with Gasteiger partial charge in [0.05, 0.1) is 12.2 Å². The molecule has 0 atom stereocenters. The summed E-state index contributed by atoms with van der Waals surface area (Å²) in [5.41, 5.74) is 0.890. The lowest BCUT2D eigenvalue weighted by Gasteiger charge is -2.12. The van der Waals surface area contributed by atoms with Crippen LogP contribution in [-0.2, 0) is 6.54 Å². The van der Waals surface area contributed by atoms with Crippen molar-refractivity contribution in [3.05, 3.63) is 24.3 Å². The summed E-state index contributed by atoms with van der Waals surface area (Å²) >= 11 is 0. The van der Waals surface area contributed by atoms with Gasteiger partial charge in [0.2, 0.25) is 5.96 Å². The normalized spacial score (nSPS) is 11.2. The first-order valence-electron chi connectivity index (χ1n) is 6.76. The lowest BCUT2D eigenvalue weighted by Crippen LogP contribution is -2.39. The van der Waals surface area contributed by atoms with Crippen molar-refractivity contribution in [1.82, 2.24) is 30.8 Å². The van der Waals surface area contributed by atoms with E-state index < -0.39 is 0 Å². The minimum atomic E-state index is 0.501. The number of nitriles is 1. The van der Waals surface area contributed by atoms with Crippen LogP contribution in [0.5, 0.6) is 0 Å². The van der Waals surface area contributed by atoms with E-state index in [-0.39, 0.29) is 0 Å². The molecule has 0 fully saturated rings. The highest BCUT2D eigenvalue weighted by molar-refractivity contribution is 5.81. The maximum atomic E-state index is 8.67. The van der Waals surface area contributed by atoms with Gasteiger partial charge in [-0.2, -0.15) is 5.26 Å². The summed E-state index contributed by atoms with van der Waals surface area (Å²) in [4.78, 5) is 14.5. The van der Waals surface area contributed by atoms with Crippen LogP contribution >= 0.6 is 0 Å². The van der Waals surface area contributed by atoms with Crippen molar-refractivity contribution in [2.75, 3.05) is 40.3 Å². The van der Waals surface area contributed by atoms with E-state index >= 15 is 0 Å². The molecular weight excluding hydrogens is 268 g/mol. The third-order valence-electron chi connectivity index (χ3n) is 2.51. The van der Waals surface area contributed by atoms with Crippen LogP contribution < -0.4 is 16.0 Å². The molecule has 21 heavy (non-hydrogen) atoms. The van der Waals surface area contributed by atoms with Crippen LogP contribution in [0.1, 0.15) is 5.69 Å². The Hall–Kier alpha value is -2.24. The Morgan fingerprint density at radius 1 is 1.38 bits per heavy atom. The molecule has 1 heterocycles. The van der Waals surface area contributed by atoms with Crippen LogP contribution in [0.2, 0.25) is 0 Å². The van der Waals surface area contributed by atoms with Gasteiger partial charge in [0.15, 0.2) is 6.19 Å². The molecule has 8 heteroatoms. The topological polar surface area (TPSA) is 101 Å². The second-order valence-corrected chi connectivity index (χ2v) is 4.57. The van der Waals surface area contributed by atoms with Gasteiger partial charge in [0, 0.05) is 44.8 Å². The molecule has 3 N–H and O–H groups in total. The maximum absolute atomic E-state index is 8.67. The molecule has 8 nitrogen and oxygen atoms in total.